The van der Waals surface area contributed by atoms with Crippen molar-refractivity contribution in [3.8, 4) is 6.07 Å². The van der Waals surface area contributed by atoms with Gasteiger partial charge in [-0.1, -0.05) is 5.57 Å². The van der Waals surface area contributed by atoms with Crippen LogP contribution in [0, 0.1) is 11.3 Å². The van der Waals surface area contributed by atoms with E-state index in [-0.39, 0.29) is 36.4 Å². The zero-order valence-corrected chi connectivity index (χ0v) is 14.0. The summed E-state index contributed by atoms with van der Waals surface area (Å²) in [5.74, 6) is 0.346. The Balaban J connectivity index is 2.48. The highest BCUT2D eigenvalue weighted by Crippen LogP contribution is 2.38. The van der Waals surface area contributed by atoms with Crippen LogP contribution in [0.15, 0.2) is 36.2 Å². The summed E-state index contributed by atoms with van der Waals surface area (Å²) >= 11 is -0.472. The number of rotatable bonds is 4. The lowest BCUT2D eigenvalue weighted by molar-refractivity contribution is 0.702. The fourth-order valence-corrected chi connectivity index (χ4v) is 3.03. The Hall–Kier alpha value is -1.79. The molecule has 9 heteroatoms. The number of nitriles is 1. The Morgan fingerprint density at radius 1 is 1.43 bits per heavy atom. The van der Waals surface area contributed by atoms with Crippen LogP contribution in [0.5, 0.6) is 0 Å². The average molecular weight is 355 g/mol. The third-order valence-electron chi connectivity index (χ3n) is 3.57. The van der Waals surface area contributed by atoms with E-state index in [4.69, 9.17) is 5.26 Å². The standard InChI is InChI=1S/C14H15F2N5S2/c1-20-14(21(22-15)23-16)10-13(18-7-2-8-19-20)12-4-3-11(9-12)5-6-17/h2,5,7-8,10,12H,3-4,9H2,1H3/b7-2?,11-5-,14-10?,18-13?,19-8?. The maximum atomic E-state index is 13.0. The van der Waals surface area contributed by atoms with Crippen molar-refractivity contribution in [1.82, 2.24) is 14.8 Å². The Morgan fingerprint density at radius 3 is 2.91 bits per heavy atom. The third kappa shape index (κ3) is 4.59. The molecule has 1 unspecified atom stereocenters. The van der Waals surface area contributed by atoms with Gasteiger partial charge in [-0.05, 0) is 25.3 Å². The number of aryl methyl sites for hydroxylation is 1. The topological polar surface area (TPSA) is 57.7 Å². The van der Waals surface area contributed by atoms with Gasteiger partial charge >= 0.3 is 0 Å². The van der Waals surface area contributed by atoms with Gasteiger partial charge in [-0.2, -0.15) is 14.1 Å². The van der Waals surface area contributed by atoms with Gasteiger partial charge in [0.05, 0.1) is 6.07 Å². The minimum absolute atomic E-state index is 0.108. The first-order valence-corrected chi connectivity index (χ1v) is 8.21. The quantitative estimate of drug-likeness (QED) is 0.584. The number of hydrogen-bond acceptors (Lipinski definition) is 6. The molecule has 2 rings (SSSR count). The molecule has 1 aliphatic rings. The third-order valence-corrected chi connectivity index (χ3v) is 4.53. The lowest BCUT2D eigenvalue weighted by Gasteiger charge is -2.15. The molecule has 1 atom stereocenters. The van der Waals surface area contributed by atoms with Crippen molar-refractivity contribution in [2.75, 3.05) is 3.71 Å². The molecule has 5 nitrogen and oxygen atoms in total. The lowest BCUT2D eigenvalue weighted by atomic mass is 10.0. The largest absolute Gasteiger partial charge is 0.261 e. The van der Waals surface area contributed by atoms with Crippen LogP contribution in [0.4, 0.5) is 13.6 Å². The Labute approximate surface area is 142 Å². The van der Waals surface area contributed by atoms with Crippen molar-refractivity contribution in [3.63, 3.8) is 0 Å². The zero-order valence-electron chi connectivity index (χ0n) is 12.4. The molecule has 23 heavy (non-hydrogen) atoms. The molecule has 1 heterocycles. The van der Waals surface area contributed by atoms with E-state index in [1.807, 2.05) is 6.07 Å². The first-order valence-electron chi connectivity index (χ1n) is 6.87. The predicted octanol–water partition coefficient (Wildman–Crippen LogP) is 4.53. The molecule has 1 aromatic rings. The smallest absolute Gasteiger partial charge is 0.179 e. The summed E-state index contributed by atoms with van der Waals surface area (Å²) in [6, 6.07) is 5.33. The van der Waals surface area contributed by atoms with Crippen molar-refractivity contribution in [2.45, 2.75) is 25.2 Å². The van der Waals surface area contributed by atoms with Crippen molar-refractivity contribution < 1.29 is 7.77 Å². The molecule has 1 aliphatic carbocycles. The van der Waals surface area contributed by atoms with Gasteiger partial charge in [-0.3, -0.25) is 9.67 Å². The lowest BCUT2D eigenvalue weighted by Crippen LogP contribution is -2.09. The maximum Gasteiger partial charge on any atom is 0.179 e. The van der Waals surface area contributed by atoms with E-state index >= 15 is 0 Å². The van der Waals surface area contributed by atoms with Crippen LogP contribution < -0.4 is 3.71 Å². The molecule has 1 saturated carbocycles. The van der Waals surface area contributed by atoms with Crippen LogP contribution >= 0.6 is 24.7 Å². The van der Waals surface area contributed by atoms with Gasteiger partial charge in [0.15, 0.2) is 30.5 Å². The van der Waals surface area contributed by atoms with Gasteiger partial charge in [0.25, 0.3) is 0 Å². The van der Waals surface area contributed by atoms with Gasteiger partial charge in [-0.25, -0.2) is 0 Å². The summed E-state index contributed by atoms with van der Waals surface area (Å²) in [7, 11) is 1.61. The molecular weight excluding hydrogens is 340 g/mol. The van der Waals surface area contributed by atoms with Crippen LogP contribution in [0.25, 0.3) is 0 Å². The normalized spacial score (nSPS) is 18.5. The van der Waals surface area contributed by atoms with Crippen LogP contribution in [0.2, 0.25) is 0 Å². The second-order valence-corrected chi connectivity index (χ2v) is 6.19. The van der Waals surface area contributed by atoms with Crippen molar-refractivity contribution >= 4 is 30.5 Å². The van der Waals surface area contributed by atoms with Gasteiger partial charge in [0.1, 0.15) is 0 Å². The number of allylic oxidation sites excluding steroid dienone is 2. The predicted molar refractivity (Wildman–Crippen MR) is 88.8 cm³/mol. The van der Waals surface area contributed by atoms with E-state index in [9.17, 15) is 7.77 Å². The molecular formula is C14H15F2N5S2. The molecule has 0 spiro atoms. The second-order valence-electron chi connectivity index (χ2n) is 4.95. The number of aromatic nitrogens is 3. The minimum atomic E-state index is -0.236. The summed E-state index contributed by atoms with van der Waals surface area (Å²) in [4.78, 5) is 4.40. The second kappa shape index (κ2) is 8.74. The molecule has 0 N–H and O–H groups in total. The molecule has 0 bridgehead atoms. The Bertz CT molecular complexity index is 665. The molecule has 0 amide bonds. The maximum absolute atomic E-state index is 13.0. The van der Waals surface area contributed by atoms with Crippen molar-refractivity contribution in [2.24, 2.45) is 7.05 Å². The van der Waals surface area contributed by atoms with Gasteiger partial charge < -0.3 is 0 Å². The number of nitrogens with zero attached hydrogens (tertiary/aromatic N) is 5. The molecule has 1 aromatic heterocycles. The fourth-order valence-electron chi connectivity index (χ4n) is 2.46. The van der Waals surface area contributed by atoms with Crippen LogP contribution in [-0.4, -0.2) is 14.8 Å². The molecule has 0 radical (unpaired) electrons. The van der Waals surface area contributed by atoms with E-state index in [0.717, 1.165) is 28.5 Å². The highest BCUT2D eigenvalue weighted by atomic mass is 32.3. The summed E-state index contributed by atoms with van der Waals surface area (Å²) in [5.41, 5.74) is 1.78. The monoisotopic (exact) mass is 355 g/mol. The zero-order chi connectivity index (χ0) is 16.7. The molecule has 0 saturated heterocycles. The SMILES string of the molecule is Cn1ncccnc(C2CC/C(=C/C#N)C2)cc1N(SF)SF. The van der Waals surface area contributed by atoms with Crippen LogP contribution in [0.1, 0.15) is 30.9 Å². The summed E-state index contributed by atoms with van der Waals surface area (Å²) in [6.07, 6.45) is 7.07. The average Bonchev–Trinajstić information content (AvgIpc) is 3.03. The Kier molecular flexibility index (Phi) is 6.67. The van der Waals surface area contributed by atoms with Gasteiger partial charge in [0.2, 0.25) is 0 Å². The van der Waals surface area contributed by atoms with Crippen LogP contribution in [0.3, 0.4) is 0 Å². The highest BCUT2D eigenvalue weighted by Gasteiger charge is 2.23. The van der Waals surface area contributed by atoms with E-state index in [2.05, 4.69) is 10.1 Å². The van der Waals surface area contributed by atoms with E-state index in [1.54, 1.807) is 31.5 Å². The van der Waals surface area contributed by atoms with Crippen molar-refractivity contribution in [1.29, 1.82) is 5.26 Å². The Morgan fingerprint density at radius 2 is 2.22 bits per heavy atom. The molecule has 0 aliphatic heterocycles. The van der Waals surface area contributed by atoms with Gasteiger partial charge in [-0.15, -0.1) is 7.77 Å². The number of halogens is 2. The summed E-state index contributed by atoms with van der Waals surface area (Å²) < 4.78 is 28.1. The fraction of sp³-hybridized carbons (Fsp3) is 0.357. The summed E-state index contributed by atoms with van der Waals surface area (Å²) in [6.45, 7) is 0. The number of hydrogen-bond donors (Lipinski definition) is 0. The summed E-state index contributed by atoms with van der Waals surface area (Å²) in [5, 5.41) is 12.8. The van der Waals surface area contributed by atoms with Crippen molar-refractivity contribution in [3.05, 3.63) is 41.9 Å². The van der Waals surface area contributed by atoms with Gasteiger partial charge in [0, 0.05) is 43.2 Å². The molecule has 122 valence electrons. The molecule has 0 aromatic carbocycles. The number of anilines is 1. The van der Waals surface area contributed by atoms with E-state index in [0.29, 0.717) is 5.69 Å². The van der Waals surface area contributed by atoms with E-state index < -0.39 is 0 Å². The van der Waals surface area contributed by atoms with E-state index in [1.165, 1.54) is 10.9 Å². The minimum Gasteiger partial charge on any atom is -0.261 e. The van der Waals surface area contributed by atoms with Crippen LogP contribution in [-0.2, 0) is 7.05 Å². The first-order chi connectivity index (χ1) is 11.2. The highest BCUT2D eigenvalue weighted by molar-refractivity contribution is 8.13. The molecule has 1 fully saturated rings. The first kappa shape index (κ1) is 17.6.